The fourth-order valence-corrected chi connectivity index (χ4v) is 2.53. The van der Waals surface area contributed by atoms with Crippen LogP contribution in [0.15, 0.2) is 48.7 Å². The Bertz CT molecular complexity index is 826. The summed E-state index contributed by atoms with van der Waals surface area (Å²) in [4.78, 5) is 19.8. The normalized spacial score (nSPS) is 12.3. The minimum atomic E-state index is -0.190. The quantitative estimate of drug-likeness (QED) is 0.760. The molecule has 0 fully saturated rings. The van der Waals surface area contributed by atoms with Crippen LogP contribution in [0.5, 0.6) is 0 Å². The molecule has 0 bridgehead atoms. The molecule has 23 heavy (non-hydrogen) atoms. The lowest BCUT2D eigenvalue weighted by Crippen LogP contribution is -2.27. The number of amides is 1. The van der Waals surface area contributed by atoms with Gasteiger partial charge in [0, 0.05) is 18.8 Å². The number of rotatable bonds is 5. The van der Waals surface area contributed by atoms with Gasteiger partial charge in [0.2, 0.25) is 0 Å². The van der Waals surface area contributed by atoms with Crippen LogP contribution in [0.3, 0.4) is 0 Å². The number of aromatic nitrogens is 2. The Balaban J connectivity index is 1.74. The minimum absolute atomic E-state index is 0.102. The van der Waals surface area contributed by atoms with Crippen molar-refractivity contribution in [2.24, 2.45) is 0 Å². The maximum absolute atomic E-state index is 12.4. The van der Waals surface area contributed by atoms with E-state index in [0.29, 0.717) is 12.3 Å². The summed E-state index contributed by atoms with van der Waals surface area (Å²) in [5.74, 6) is -0.190. The van der Waals surface area contributed by atoms with Crippen molar-refractivity contribution >= 4 is 16.8 Å². The molecular weight excluding hydrogens is 290 g/mol. The number of pyridine rings is 1. The van der Waals surface area contributed by atoms with Crippen LogP contribution in [0, 0.1) is 0 Å². The van der Waals surface area contributed by atoms with Gasteiger partial charge in [-0.1, -0.05) is 12.1 Å². The highest BCUT2D eigenvalue weighted by Gasteiger charge is 2.13. The van der Waals surface area contributed by atoms with Gasteiger partial charge in [-0.3, -0.25) is 4.79 Å². The van der Waals surface area contributed by atoms with Crippen LogP contribution in [-0.2, 0) is 11.3 Å². The van der Waals surface area contributed by atoms with Crippen molar-refractivity contribution in [3.8, 4) is 0 Å². The third kappa shape index (κ3) is 3.40. The summed E-state index contributed by atoms with van der Waals surface area (Å²) in [7, 11) is 1.60. The van der Waals surface area contributed by atoms with Crippen molar-refractivity contribution in [2.45, 2.75) is 19.6 Å². The Kier molecular flexibility index (Phi) is 4.39. The molecule has 0 aliphatic heterocycles. The summed E-state index contributed by atoms with van der Waals surface area (Å²) < 4.78 is 5.05. The molecule has 0 radical (unpaired) electrons. The van der Waals surface area contributed by atoms with Crippen LogP contribution in [0.4, 0.5) is 0 Å². The average Bonchev–Trinajstić information content (AvgIpc) is 3.03. The van der Waals surface area contributed by atoms with E-state index in [-0.39, 0.29) is 11.9 Å². The van der Waals surface area contributed by atoms with Gasteiger partial charge >= 0.3 is 0 Å². The van der Waals surface area contributed by atoms with Gasteiger partial charge in [-0.25, -0.2) is 4.98 Å². The van der Waals surface area contributed by atoms with Gasteiger partial charge in [0.05, 0.1) is 18.3 Å². The van der Waals surface area contributed by atoms with Crippen molar-refractivity contribution in [1.82, 2.24) is 15.3 Å². The van der Waals surface area contributed by atoms with Gasteiger partial charge in [0.15, 0.2) is 0 Å². The molecule has 0 unspecified atom stereocenters. The highest BCUT2D eigenvalue weighted by Crippen LogP contribution is 2.19. The fraction of sp³-hybridized carbons (Fsp3) is 0.222. The van der Waals surface area contributed by atoms with Gasteiger partial charge in [0.25, 0.3) is 5.91 Å². The van der Waals surface area contributed by atoms with Crippen molar-refractivity contribution in [3.05, 3.63) is 65.6 Å². The Morgan fingerprint density at radius 1 is 1.30 bits per heavy atom. The summed E-state index contributed by atoms with van der Waals surface area (Å²) in [6.45, 7) is 2.35. The number of nitrogens with one attached hydrogen (secondary N) is 2. The van der Waals surface area contributed by atoms with Crippen LogP contribution in [0.2, 0.25) is 0 Å². The molecule has 0 saturated carbocycles. The number of hydrogen-bond donors (Lipinski definition) is 2. The number of methoxy groups -OCH3 is 1. The van der Waals surface area contributed by atoms with Gasteiger partial charge in [-0.05, 0) is 48.2 Å². The Labute approximate surface area is 134 Å². The smallest absolute Gasteiger partial charge is 0.270 e. The first kappa shape index (κ1) is 15.2. The number of ether oxygens (including phenoxy) is 1. The number of aromatic amines is 1. The number of fused-ring (bicyclic) bond motifs is 1. The molecule has 3 aromatic rings. The molecule has 0 aliphatic rings. The van der Waals surface area contributed by atoms with E-state index in [0.717, 1.165) is 22.2 Å². The number of carbonyl (C=O) groups is 1. The summed E-state index contributed by atoms with van der Waals surface area (Å²) in [5.41, 5.74) is 3.27. The summed E-state index contributed by atoms with van der Waals surface area (Å²) in [6, 6.07) is 13.4. The maximum Gasteiger partial charge on any atom is 0.270 e. The number of benzene rings is 1. The van der Waals surface area contributed by atoms with Crippen LogP contribution < -0.4 is 5.32 Å². The average molecular weight is 309 g/mol. The molecule has 0 spiro atoms. The van der Waals surface area contributed by atoms with Crippen LogP contribution in [0.1, 0.15) is 34.7 Å². The predicted molar refractivity (Wildman–Crippen MR) is 89.1 cm³/mol. The van der Waals surface area contributed by atoms with Crippen molar-refractivity contribution in [3.63, 3.8) is 0 Å². The van der Waals surface area contributed by atoms with Crippen LogP contribution >= 0.6 is 0 Å². The van der Waals surface area contributed by atoms with Crippen LogP contribution in [-0.4, -0.2) is 23.0 Å². The van der Waals surface area contributed by atoms with Gasteiger partial charge in [-0.15, -0.1) is 0 Å². The standard InChI is InChI=1S/C18H19N3O2/c1-12(13-6-7-16-14(10-13)8-9-19-16)20-18(22)17-5-3-4-15(21-17)11-23-2/h3-10,12,19H,11H2,1-2H3,(H,20,22)/t12-/m0/s1. The second-order valence-electron chi connectivity index (χ2n) is 5.47. The number of nitrogens with zero attached hydrogens (tertiary/aromatic N) is 1. The third-order valence-corrected chi connectivity index (χ3v) is 3.76. The number of H-pyrrole nitrogens is 1. The molecule has 2 heterocycles. The minimum Gasteiger partial charge on any atom is -0.378 e. The molecule has 1 amide bonds. The topological polar surface area (TPSA) is 67.0 Å². The lowest BCUT2D eigenvalue weighted by molar-refractivity contribution is 0.0934. The van der Waals surface area contributed by atoms with Crippen molar-refractivity contribution < 1.29 is 9.53 Å². The highest BCUT2D eigenvalue weighted by molar-refractivity contribution is 5.92. The largest absolute Gasteiger partial charge is 0.378 e. The Morgan fingerprint density at radius 2 is 2.17 bits per heavy atom. The summed E-state index contributed by atoms with van der Waals surface area (Å²) >= 11 is 0. The molecule has 5 heteroatoms. The number of carbonyl (C=O) groups excluding carboxylic acids is 1. The van der Waals surface area contributed by atoms with E-state index in [1.165, 1.54) is 0 Å². The number of hydrogen-bond acceptors (Lipinski definition) is 3. The Hall–Kier alpha value is -2.66. The molecule has 1 atom stereocenters. The second-order valence-corrected chi connectivity index (χ2v) is 5.47. The summed E-state index contributed by atoms with van der Waals surface area (Å²) in [5, 5.41) is 4.11. The van der Waals surface area contributed by atoms with E-state index in [1.807, 2.05) is 43.5 Å². The second kappa shape index (κ2) is 6.62. The first-order valence-corrected chi connectivity index (χ1v) is 7.50. The molecular formula is C18H19N3O2. The molecule has 2 N–H and O–H groups in total. The zero-order chi connectivity index (χ0) is 16.2. The van der Waals surface area contributed by atoms with Crippen molar-refractivity contribution in [1.29, 1.82) is 0 Å². The maximum atomic E-state index is 12.4. The molecule has 5 nitrogen and oxygen atoms in total. The van der Waals surface area contributed by atoms with E-state index in [1.54, 1.807) is 13.2 Å². The van der Waals surface area contributed by atoms with Gasteiger partial charge < -0.3 is 15.0 Å². The van der Waals surface area contributed by atoms with E-state index in [9.17, 15) is 4.79 Å². The summed E-state index contributed by atoms with van der Waals surface area (Å²) in [6.07, 6.45) is 1.91. The Morgan fingerprint density at radius 3 is 3.00 bits per heavy atom. The molecule has 3 rings (SSSR count). The first-order valence-electron chi connectivity index (χ1n) is 7.50. The lowest BCUT2D eigenvalue weighted by atomic mass is 10.1. The predicted octanol–water partition coefficient (Wildman–Crippen LogP) is 3.20. The monoisotopic (exact) mass is 309 g/mol. The molecule has 0 saturated heterocycles. The zero-order valence-electron chi connectivity index (χ0n) is 13.2. The van der Waals surface area contributed by atoms with E-state index >= 15 is 0 Å². The fourth-order valence-electron chi connectivity index (χ4n) is 2.53. The first-order chi connectivity index (χ1) is 11.2. The molecule has 118 valence electrons. The van der Waals surface area contributed by atoms with Gasteiger partial charge in [-0.2, -0.15) is 0 Å². The molecule has 1 aromatic carbocycles. The highest BCUT2D eigenvalue weighted by atomic mass is 16.5. The van der Waals surface area contributed by atoms with E-state index in [2.05, 4.69) is 21.4 Å². The van der Waals surface area contributed by atoms with Crippen molar-refractivity contribution in [2.75, 3.05) is 7.11 Å². The molecule has 2 aromatic heterocycles. The SMILES string of the molecule is COCc1cccc(C(=O)N[C@@H](C)c2ccc3[nH]ccc3c2)n1. The lowest BCUT2D eigenvalue weighted by Gasteiger charge is -2.14. The van der Waals surface area contributed by atoms with E-state index < -0.39 is 0 Å². The zero-order valence-corrected chi connectivity index (χ0v) is 13.2. The van der Waals surface area contributed by atoms with Gasteiger partial charge in [0.1, 0.15) is 5.69 Å². The van der Waals surface area contributed by atoms with E-state index in [4.69, 9.17) is 4.74 Å². The molecule has 0 aliphatic carbocycles. The third-order valence-electron chi connectivity index (χ3n) is 3.76. The van der Waals surface area contributed by atoms with Crippen LogP contribution in [0.25, 0.3) is 10.9 Å².